The summed E-state index contributed by atoms with van der Waals surface area (Å²) < 4.78 is 0.989. The first kappa shape index (κ1) is 13.2. The first-order valence-corrected chi connectivity index (χ1v) is 7.56. The van der Waals surface area contributed by atoms with Crippen LogP contribution in [0, 0.1) is 0 Å². The molecule has 0 amide bonds. The zero-order chi connectivity index (χ0) is 12.3. The van der Waals surface area contributed by atoms with Gasteiger partial charge in [-0.1, -0.05) is 76.1 Å². The van der Waals surface area contributed by atoms with Gasteiger partial charge in [-0.2, -0.15) is 0 Å². The van der Waals surface area contributed by atoms with E-state index >= 15 is 0 Å². The first-order chi connectivity index (χ1) is 8.22. The number of hydrogen-bond donors (Lipinski definition) is 0. The van der Waals surface area contributed by atoms with Crippen LogP contribution in [0.4, 0.5) is 0 Å². The third-order valence-corrected chi connectivity index (χ3v) is 4.18. The molecule has 0 fully saturated rings. The molecule has 0 heterocycles. The van der Waals surface area contributed by atoms with E-state index in [2.05, 4.69) is 40.8 Å². The number of halogens is 3. The fraction of sp³-hybridized carbons (Fsp3) is 0.143. The number of benzene rings is 2. The lowest BCUT2D eigenvalue weighted by molar-refractivity contribution is 0.953. The molecule has 1 atom stereocenters. The maximum atomic E-state index is 6.25. The molecule has 0 spiro atoms. The number of rotatable bonds is 3. The Hall–Kier alpha value is -0.250. The molecule has 0 aliphatic rings. The van der Waals surface area contributed by atoms with Crippen LogP contribution < -0.4 is 0 Å². The minimum absolute atomic E-state index is 0.321. The molecular weight excluding hydrogens is 366 g/mol. The highest BCUT2D eigenvalue weighted by Gasteiger charge is 2.15. The van der Waals surface area contributed by atoms with Crippen LogP contribution in [0.5, 0.6) is 0 Å². The topological polar surface area (TPSA) is 0 Å². The molecule has 0 radical (unpaired) electrons. The molecule has 88 valence electrons. The normalized spacial score (nSPS) is 12.4. The Kier molecular flexibility index (Phi) is 4.71. The van der Waals surface area contributed by atoms with E-state index in [1.807, 2.05) is 30.3 Å². The lowest BCUT2D eigenvalue weighted by atomic mass is 9.93. The smallest absolute Gasteiger partial charge is 0.0444 e. The molecule has 1 unspecified atom stereocenters. The van der Waals surface area contributed by atoms with E-state index in [1.165, 1.54) is 11.1 Å². The van der Waals surface area contributed by atoms with Crippen molar-refractivity contribution in [3.8, 4) is 0 Å². The van der Waals surface area contributed by atoms with Crippen LogP contribution in [0.2, 0.25) is 10.0 Å². The SMILES string of the molecule is Clc1ccc(C(CI)c2ccccc2Cl)cc1. The molecule has 2 aromatic rings. The van der Waals surface area contributed by atoms with Crippen molar-refractivity contribution in [2.75, 3.05) is 4.43 Å². The van der Waals surface area contributed by atoms with Crippen LogP contribution >= 0.6 is 45.8 Å². The molecule has 17 heavy (non-hydrogen) atoms. The Bertz CT molecular complexity index is 494. The molecule has 2 rings (SSSR count). The van der Waals surface area contributed by atoms with Crippen molar-refractivity contribution >= 4 is 45.8 Å². The predicted octanol–water partition coefficient (Wildman–Crippen LogP) is 5.56. The van der Waals surface area contributed by atoms with Crippen molar-refractivity contribution in [1.29, 1.82) is 0 Å². The maximum Gasteiger partial charge on any atom is 0.0444 e. The summed E-state index contributed by atoms with van der Waals surface area (Å²) >= 11 is 14.5. The van der Waals surface area contributed by atoms with Gasteiger partial charge < -0.3 is 0 Å². The third kappa shape index (κ3) is 3.15. The van der Waals surface area contributed by atoms with Crippen LogP contribution in [0.1, 0.15) is 17.0 Å². The van der Waals surface area contributed by atoms with Crippen molar-refractivity contribution in [3.63, 3.8) is 0 Å². The average Bonchev–Trinajstić information content (AvgIpc) is 2.35. The summed E-state index contributed by atoms with van der Waals surface area (Å²) in [7, 11) is 0. The van der Waals surface area contributed by atoms with Crippen LogP contribution in [-0.4, -0.2) is 4.43 Å². The van der Waals surface area contributed by atoms with Gasteiger partial charge in [0, 0.05) is 20.4 Å². The highest BCUT2D eigenvalue weighted by Crippen LogP contribution is 2.32. The van der Waals surface area contributed by atoms with Gasteiger partial charge in [0.05, 0.1) is 0 Å². The standard InChI is InChI=1S/C14H11Cl2I/c15-11-7-5-10(6-8-11)13(9-17)12-3-1-2-4-14(12)16/h1-8,13H,9H2. The van der Waals surface area contributed by atoms with Gasteiger partial charge in [0.25, 0.3) is 0 Å². The van der Waals surface area contributed by atoms with Gasteiger partial charge in [-0.25, -0.2) is 0 Å². The van der Waals surface area contributed by atoms with Crippen molar-refractivity contribution in [2.45, 2.75) is 5.92 Å². The maximum absolute atomic E-state index is 6.25. The summed E-state index contributed by atoms with van der Waals surface area (Å²) in [4.78, 5) is 0. The van der Waals surface area contributed by atoms with Crippen LogP contribution in [0.15, 0.2) is 48.5 Å². The van der Waals surface area contributed by atoms with E-state index in [1.54, 1.807) is 0 Å². The summed E-state index contributed by atoms with van der Waals surface area (Å²) in [5.41, 5.74) is 2.42. The van der Waals surface area contributed by atoms with E-state index < -0.39 is 0 Å². The van der Waals surface area contributed by atoms with E-state index in [0.717, 1.165) is 14.5 Å². The molecule has 0 aromatic heterocycles. The van der Waals surface area contributed by atoms with Crippen molar-refractivity contribution in [2.24, 2.45) is 0 Å². The van der Waals surface area contributed by atoms with Gasteiger partial charge in [0.15, 0.2) is 0 Å². The summed E-state index contributed by atoms with van der Waals surface area (Å²) in [6, 6.07) is 16.0. The van der Waals surface area contributed by atoms with Crippen molar-refractivity contribution in [3.05, 3.63) is 69.7 Å². The Labute approximate surface area is 125 Å². The Morgan fingerprint density at radius 3 is 2.18 bits per heavy atom. The molecule has 0 aliphatic heterocycles. The van der Waals surface area contributed by atoms with Gasteiger partial charge in [0.1, 0.15) is 0 Å². The number of hydrogen-bond acceptors (Lipinski definition) is 0. The van der Waals surface area contributed by atoms with E-state index in [4.69, 9.17) is 23.2 Å². The Morgan fingerprint density at radius 1 is 0.941 bits per heavy atom. The zero-order valence-electron chi connectivity index (χ0n) is 9.04. The molecule has 0 saturated carbocycles. The second-order valence-corrected chi connectivity index (χ2v) is 5.50. The molecule has 0 N–H and O–H groups in total. The van der Waals surface area contributed by atoms with Gasteiger partial charge >= 0.3 is 0 Å². The van der Waals surface area contributed by atoms with Gasteiger partial charge in [-0.05, 0) is 29.3 Å². The van der Waals surface area contributed by atoms with E-state index in [-0.39, 0.29) is 0 Å². The second kappa shape index (κ2) is 6.07. The molecule has 2 aromatic carbocycles. The molecule has 3 heteroatoms. The fourth-order valence-corrected chi connectivity index (χ4v) is 3.18. The highest BCUT2D eigenvalue weighted by atomic mass is 127. The van der Waals surface area contributed by atoms with Crippen LogP contribution in [-0.2, 0) is 0 Å². The fourth-order valence-electron chi connectivity index (χ4n) is 1.80. The Balaban J connectivity index is 2.40. The van der Waals surface area contributed by atoms with Gasteiger partial charge in [-0.3, -0.25) is 0 Å². The van der Waals surface area contributed by atoms with Crippen molar-refractivity contribution in [1.82, 2.24) is 0 Å². The average molecular weight is 377 g/mol. The molecule has 0 bridgehead atoms. The third-order valence-electron chi connectivity index (χ3n) is 2.71. The van der Waals surface area contributed by atoms with Crippen molar-refractivity contribution < 1.29 is 0 Å². The Morgan fingerprint density at radius 2 is 1.59 bits per heavy atom. The molecule has 0 saturated heterocycles. The minimum Gasteiger partial charge on any atom is -0.0853 e. The van der Waals surface area contributed by atoms with E-state index in [9.17, 15) is 0 Å². The van der Waals surface area contributed by atoms with Crippen LogP contribution in [0.3, 0.4) is 0 Å². The van der Waals surface area contributed by atoms with Gasteiger partial charge in [0.2, 0.25) is 0 Å². The highest BCUT2D eigenvalue weighted by molar-refractivity contribution is 14.1. The summed E-state index contributed by atoms with van der Waals surface area (Å²) in [6.45, 7) is 0. The lowest BCUT2D eigenvalue weighted by Gasteiger charge is -2.16. The first-order valence-electron chi connectivity index (χ1n) is 5.28. The van der Waals surface area contributed by atoms with Gasteiger partial charge in [-0.15, -0.1) is 0 Å². The summed E-state index contributed by atoms with van der Waals surface area (Å²) in [5.74, 6) is 0.321. The largest absolute Gasteiger partial charge is 0.0853 e. The molecule has 0 aliphatic carbocycles. The zero-order valence-corrected chi connectivity index (χ0v) is 12.7. The second-order valence-electron chi connectivity index (χ2n) is 3.78. The quantitative estimate of drug-likeness (QED) is 0.485. The minimum atomic E-state index is 0.321. The monoisotopic (exact) mass is 376 g/mol. The number of alkyl halides is 1. The van der Waals surface area contributed by atoms with E-state index in [0.29, 0.717) is 5.92 Å². The summed E-state index contributed by atoms with van der Waals surface area (Å²) in [5, 5.41) is 1.59. The summed E-state index contributed by atoms with van der Waals surface area (Å²) in [6.07, 6.45) is 0. The molecular formula is C14H11Cl2I. The molecule has 0 nitrogen and oxygen atoms in total. The predicted molar refractivity (Wildman–Crippen MR) is 83.6 cm³/mol. The van der Waals surface area contributed by atoms with Crippen LogP contribution in [0.25, 0.3) is 0 Å². The lowest BCUT2D eigenvalue weighted by Crippen LogP contribution is -2.02.